The number of amides is 1. The minimum Gasteiger partial charge on any atom is -0.392 e. The zero-order valence-corrected chi connectivity index (χ0v) is 17.1. The maximum absolute atomic E-state index is 13.7. The summed E-state index contributed by atoms with van der Waals surface area (Å²) in [6, 6.07) is 3.93. The number of thiocarbonyl (C=S) groups is 1. The fraction of sp³-hybridized carbons (Fsp3) is 0.600. The Morgan fingerprint density at radius 2 is 1.96 bits per heavy atom. The Morgan fingerprint density at radius 3 is 2.44 bits per heavy atom. The van der Waals surface area contributed by atoms with E-state index in [0.29, 0.717) is 10.6 Å². The van der Waals surface area contributed by atoms with Crippen molar-refractivity contribution in [2.24, 2.45) is 5.73 Å². The predicted molar refractivity (Wildman–Crippen MR) is 108 cm³/mol. The average molecular weight is 398 g/mol. The zero-order valence-electron chi connectivity index (χ0n) is 16.3. The normalized spacial score (nSPS) is 23.1. The summed E-state index contributed by atoms with van der Waals surface area (Å²) >= 11 is 4.78. The summed E-state index contributed by atoms with van der Waals surface area (Å²) in [6.45, 7) is 9.12. The summed E-state index contributed by atoms with van der Waals surface area (Å²) in [5, 5.41) is 0. The first kappa shape index (κ1) is 21.7. The Balaban J connectivity index is 0.000000223. The van der Waals surface area contributed by atoms with Gasteiger partial charge in [-0.15, -0.1) is 0 Å². The smallest absolute Gasteiger partial charge is 0.210 e. The number of nitrogens with two attached hydrogens (primary N) is 1. The van der Waals surface area contributed by atoms with E-state index in [-0.39, 0.29) is 17.5 Å². The second kappa shape index (κ2) is 9.06. The van der Waals surface area contributed by atoms with Crippen LogP contribution in [0.15, 0.2) is 18.2 Å². The van der Waals surface area contributed by atoms with Crippen LogP contribution in [0.1, 0.15) is 51.5 Å². The fourth-order valence-electron chi connectivity index (χ4n) is 3.68. The Hall–Kier alpha value is -1.60. The van der Waals surface area contributed by atoms with E-state index < -0.39 is 11.6 Å². The van der Waals surface area contributed by atoms with Crippen LogP contribution in [0.4, 0.5) is 8.78 Å². The minimum atomic E-state index is -0.503. The first-order chi connectivity index (χ1) is 12.6. The fourth-order valence-corrected chi connectivity index (χ4v) is 3.93. The van der Waals surface area contributed by atoms with Crippen molar-refractivity contribution in [2.75, 3.05) is 19.6 Å². The maximum Gasteiger partial charge on any atom is 0.210 e. The Morgan fingerprint density at radius 1 is 1.26 bits per heavy atom. The first-order valence-electron chi connectivity index (χ1n) is 9.34. The molecule has 1 unspecified atom stereocenters. The molecule has 4 nitrogen and oxygen atoms in total. The molecule has 0 spiro atoms. The summed E-state index contributed by atoms with van der Waals surface area (Å²) < 4.78 is 26.5. The van der Waals surface area contributed by atoms with Crippen molar-refractivity contribution in [1.82, 2.24) is 9.80 Å². The molecule has 7 heteroatoms. The van der Waals surface area contributed by atoms with Crippen LogP contribution in [0.2, 0.25) is 0 Å². The summed E-state index contributed by atoms with van der Waals surface area (Å²) in [5.74, 6) is -0.725. The minimum absolute atomic E-state index is 0.0208. The van der Waals surface area contributed by atoms with Gasteiger partial charge in [-0.2, -0.15) is 0 Å². The molecule has 27 heavy (non-hydrogen) atoms. The molecule has 2 aliphatic heterocycles. The summed E-state index contributed by atoms with van der Waals surface area (Å²) in [4.78, 5) is 14.8. The van der Waals surface area contributed by atoms with Crippen molar-refractivity contribution in [3.8, 4) is 0 Å². The second-order valence-electron chi connectivity index (χ2n) is 8.17. The molecular formula is C20H29F2N3OS. The van der Waals surface area contributed by atoms with Gasteiger partial charge in [0, 0.05) is 30.6 Å². The molecule has 2 saturated heterocycles. The molecule has 1 aromatic rings. The third-order valence-electron chi connectivity index (χ3n) is 5.30. The van der Waals surface area contributed by atoms with Crippen molar-refractivity contribution in [1.29, 1.82) is 0 Å². The SMILES string of the molecule is CC(C)(C)N1CCC(c2ccc(F)cc2F)C1.NC(=S)[C@H]1CCCN1C=O. The van der Waals surface area contributed by atoms with E-state index >= 15 is 0 Å². The van der Waals surface area contributed by atoms with Crippen LogP contribution >= 0.6 is 12.2 Å². The van der Waals surface area contributed by atoms with Crippen LogP contribution in [0.5, 0.6) is 0 Å². The quantitative estimate of drug-likeness (QED) is 0.627. The van der Waals surface area contributed by atoms with Crippen molar-refractivity contribution in [2.45, 2.75) is 57.5 Å². The van der Waals surface area contributed by atoms with Gasteiger partial charge in [0.15, 0.2) is 0 Å². The molecule has 2 aliphatic rings. The van der Waals surface area contributed by atoms with Gasteiger partial charge in [-0.05, 0) is 58.2 Å². The van der Waals surface area contributed by atoms with E-state index in [4.69, 9.17) is 18.0 Å². The van der Waals surface area contributed by atoms with Gasteiger partial charge in [0.1, 0.15) is 11.6 Å². The van der Waals surface area contributed by atoms with Crippen LogP contribution in [0, 0.1) is 11.6 Å². The highest BCUT2D eigenvalue weighted by Crippen LogP contribution is 2.32. The lowest BCUT2D eigenvalue weighted by Gasteiger charge is -2.31. The average Bonchev–Trinajstić information content (AvgIpc) is 3.24. The highest BCUT2D eigenvalue weighted by Gasteiger charge is 2.32. The molecule has 1 amide bonds. The number of rotatable bonds is 3. The van der Waals surface area contributed by atoms with Gasteiger partial charge in [0.25, 0.3) is 0 Å². The molecule has 0 saturated carbocycles. The number of likely N-dealkylation sites (tertiary alicyclic amines) is 2. The second-order valence-corrected chi connectivity index (χ2v) is 8.64. The van der Waals surface area contributed by atoms with E-state index in [0.717, 1.165) is 51.4 Å². The Bertz CT molecular complexity index is 678. The molecule has 150 valence electrons. The maximum atomic E-state index is 13.7. The number of benzene rings is 1. The topological polar surface area (TPSA) is 49.6 Å². The molecule has 2 fully saturated rings. The highest BCUT2D eigenvalue weighted by atomic mass is 32.1. The van der Waals surface area contributed by atoms with Crippen LogP contribution in [0.25, 0.3) is 0 Å². The number of hydrogen-bond donors (Lipinski definition) is 1. The van der Waals surface area contributed by atoms with E-state index in [1.165, 1.54) is 6.07 Å². The summed E-state index contributed by atoms with van der Waals surface area (Å²) in [6.07, 6.45) is 3.70. The van der Waals surface area contributed by atoms with E-state index in [2.05, 4.69) is 25.7 Å². The largest absolute Gasteiger partial charge is 0.392 e. The molecule has 2 N–H and O–H groups in total. The molecule has 0 aliphatic carbocycles. The molecule has 2 atom stereocenters. The lowest BCUT2D eigenvalue weighted by Crippen LogP contribution is -2.39. The van der Waals surface area contributed by atoms with Crippen LogP contribution in [0.3, 0.4) is 0 Å². The van der Waals surface area contributed by atoms with Gasteiger partial charge in [0.05, 0.1) is 11.0 Å². The molecular weight excluding hydrogens is 368 g/mol. The van der Waals surface area contributed by atoms with Crippen LogP contribution in [-0.4, -0.2) is 52.4 Å². The van der Waals surface area contributed by atoms with Gasteiger partial charge in [-0.3, -0.25) is 9.69 Å². The molecule has 3 rings (SSSR count). The van der Waals surface area contributed by atoms with Crippen LogP contribution < -0.4 is 5.73 Å². The number of hydrogen-bond acceptors (Lipinski definition) is 3. The number of nitrogens with zero attached hydrogens (tertiary/aromatic N) is 2. The molecule has 0 aromatic heterocycles. The predicted octanol–water partition coefficient (Wildman–Crippen LogP) is 3.45. The Labute approximate surface area is 165 Å². The van der Waals surface area contributed by atoms with Gasteiger partial charge >= 0.3 is 0 Å². The Kier molecular flexibility index (Phi) is 7.28. The third-order valence-corrected chi connectivity index (χ3v) is 5.57. The molecule has 1 aromatic carbocycles. The van der Waals surface area contributed by atoms with E-state index in [1.807, 2.05) is 0 Å². The van der Waals surface area contributed by atoms with Gasteiger partial charge in [-0.25, -0.2) is 8.78 Å². The standard InChI is InChI=1S/C14H19F2N.C6H10N2OS/c1-14(2,3)17-7-6-10(9-17)12-5-4-11(15)8-13(12)16;7-6(10)5-2-1-3-8(5)4-9/h4-5,8,10H,6-7,9H2,1-3H3;4-5H,1-3H2,(H2,7,10)/t;5-/m.1/s1. The zero-order chi connectivity index (χ0) is 20.2. The third kappa shape index (κ3) is 5.69. The lowest BCUT2D eigenvalue weighted by molar-refractivity contribution is -0.117. The first-order valence-corrected chi connectivity index (χ1v) is 9.74. The van der Waals surface area contributed by atoms with Crippen molar-refractivity contribution >= 4 is 23.6 Å². The summed E-state index contributed by atoms with van der Waals surface area (Å²) in [5.41, 5.74) is 6.16. The summed E-state index contributed by atoms with van der Waals surface area (Å²) in [7, 11) is 0. The van der Waals surface area contributed by atoms with Crippen molar-refractivity contribution in [3.05, 3.63) is 35.4 Å². The van der Waals surface area contributed by atoms with Gasteiger partial charge in [-0.1, -0.05) is 18.3 Å². The van der Waals surface area contributed by atoms with Gasteiger partial charge in [0.2, 0.25) is 6.41 Å². The molecule has 2 heterocycles. The van der Waals surface area contributed by atoms with Crippen LogP contribution in [-0.2, 0) is 4.79 Å². The van der Waals surface area contributed by atoms with Gasteiger partial charge < -0.3 is 10.6 Å². The molecule has 0 radical (unpaired) electrons. The number of carbonyl (C=O) groups excluding carboxylic acids is 1. The highest BCUT2D eigenvalue weighted by molar-refractivity contribution is 7.80. The number of halogens is 2. The van der Waals surface area contributed by atoms with Crippen molar-refractivity contribution in [3.63, 3.8) is 0 Å². The lowest BCUT2D eigenvalue weighted by atomic mass is 9.97. The molecule has 0 bridgehead atoms. The van der Waals surface area contributed by atoms with E-state index in [1.54, 1.807) is 11.0 Å². The monoisotopic (exact) mass is 397 g/mol. The van der Waals surface area contributed by atoms with Crippen molar-refractivity contribution < 1.29 is 13.6 Å². The van der Waals surface area contributed by atoms with E-state index in [9.17, 15) is 13.6 Å². The number of carbonyl (C=O) groups is 1.